The summed E-state index contributed by atoms with van der Waals surface area (Å²) in [6, 6.07) is 0. The van der Waals surface area contributed by atoms with Crippen LogP contribution in [0, 0.1) is 0 Å². The van der Waals surface area contributed by atoms with E-state index in [0.29, 0.717) is 6.61 Å². The Morgan fingerprint density at radius 2 is 1.36 bits per heavy atom. The molecule has 5 heteroatoms. The maximum absolute atomic E-state index is 11.7. The lowest BCUT2D eigenvalue weighted by Crippen LogP contribution is -2.08. The van der Waals surface area contributed by atoms with Gasteiger partial charge in [0.15, 0.2) is 5.69 Å². The van der Waals surface area contributed by atoms with Gasteiger partial charge in [-0.3, -0.25) is 0 Å². The summed E-state index contributed by atoms with van der Waals surface area (Å²) in [7, 11) is 0. The largest absolute Gasteiger partial charge is 0.461 e. The van der Waals surface area contributed by atoms with Gasteiger partial charge in [0, 0.05) is 0 Å². The normalized spacial score (nSPS) is 10.8. The van der Waals surface area contributed by atoms with Gasteiger partial charge in [0.05, 0.1) is 19.0 Å². The molecule has 0 bridgehead atoms. The summed E-state index contributed by atoms with van der Waals surface area (Å²) in [5.74, 6) is -0.428. The number of aromatic nitrogens is 2. The minimum Gasteiger partial charge on any atom is -0.461 e. The second-order valence-corrected chi connectivity index (χ2v) is 6.99. The summed E-state index contributed by atoms with van der Waals surface area (Å²) in [5.41, 5.74) is 0.207. The van der Waals surface area contributed by atoms with Crippen LogP contribution in [0.5, 0.6) is 0 Å². The number of nitrogens with zero attached hydrogens (tertiary/aromatic N) is 2. The van der Waals surface area contributed by atoms with Crippen molar-refractivity contribution >= 4 is 17.6 Å². The summed E-state index contributed by atoms with van der Waals surface area (Å²) in [5, 5.41) is 0.271. The zero-order valence-corrected chi connectivity index (χ0v) is 16.4. The third kappa shape index (κ3) is 11.9. The molecule has 0 aliphatic heterocycles. The van der Waals surface area contributed by atoms with Crippen molar-refractivity contribution in [3.8, 4) is 0 Å². The van der Waals surface area contributed by atoms with E-state index in [1.165, 1.54) is 83.0 Å². The maximum Gasteiger partial charge on any atom is 0.358 e. The average Bonchev–Trinajstić information content (AvgIpc) is 2.62. The lowest BCUT2D eigenvalue weighted by molar-refractivity contribution is 0.0490. The topological polar surface area (TPSA) is 52.1 Å². The van der Waals surface area contributed by atoms with E-state index in [2.05, 4.69) is 16.9 Å². The molecule has 4 nitrogen and oxygen atoms in total. The quantitative estimate of drug-likeness (QED) is 0.266. The third-order valence-electron chi connectivity index (χ3n) is 4.31. The molecule has 25 heavy (non-hydrogen) atoms. The van der Waals surface area contributed by atoms with Crippen LogP contribution in [0.2, 0.25) is 5.15 Å². The minimum atomic E-state index is -0.428. The lowest BCUT2D eigenvalue weighted by Gasteiger charge is -2.05. The first-order valence-electron chi connectivity index (χ1n) is 9.88. The monoisotopic (exact) mass is 368 g/mol. The molecule has 0 N–H and O–H groups in total. The number of rotatable bonds is 15. The summed E-state index contributed by atoms with van der Waals surface area (Å²) in [6.07, 6.45) is 19.6. The number of carbonyl (C=O) groups is 1. The number of unbranched alkanes of at least 4 members (excludes halogenated alkanes) is 12. The van der Waals surface area contributed by atoms with Crippen molar-refractivity contribution in [3.05, 3.63) is 23.2 Å². The molecule has 1 aromatic rings. The molecule has 1 heterocycles. The highest BCUT2D eigenvalue weighted by Gasteiger charge is 2.08. The molecule has 0 saturated heterocycles. The number of esters is 1. The van der Waals surface area contributed by atoms with Crippen molar-refractivity contribution in [2.24, 2.45) is 0 Å². The van der Waals surface area contributed by atoms with Crippen LogP contribution in [-0.4, -0.2) is 22.5 Å². The van der Waals surface area contributed by atoms with Gasteiger partial charge in [0.25, 0.3) is 0 Å². The zero-order chi connectivity index (χ0) is 18.2. The van der Waals surface area contributed by atoms with E-state index in [1.54, 1.807) is 0 Å². The van der Waals surface area contributed by atoms with E-state index in [4.69, 9.17) is 16.3 Å². The highest BCUT2D eigenvalue weighted by Crippen LogP contribution is 2.12. The predicted molar refractivity (Wildman–Crippen MR) is 103 cm³/mol. The van der Waals surface area contributed by atoms with E-state index in [-0.39, 0.29) is 10.8 Å². The zero-order valence-electron chi connectivity index (χ0n) is 15.6. The summed E-state index contributed by atoms with van der Waals surface area (Å²) in [4.78, 5) is 19.4. The summed E-state index contributed by atoms with van der Waals surface area (Å²) >= 11 is 5.63. The third-order valence-corrected chi connectivity index (χ3v) is 4.51. The summed E-state index contributed by atoms with van der Waals surface area (Å²) in [6.45, 7) is 2.71. The van der Waals surface area contributed by atoms with Crippen LogP contribution in [0.25, 0.3) is 0 Å². The molecule has 142 valence electrons. The Bertz CT molecular complexity index is 452. The van der Waals surface area contributed by atoms with Gasteiger partial charge < -0.3 is 4.74 Å². The molecule has 0 radical (unpaired) electrons. The standard InChI is InChI=1S/C20H33ClN2O2/c1-2-3-4-5-6-7-8-9-10-11-12-13-14-15-25-20(24)18-16-23-19(21)17-22-18/h16-17H,2-15H2,1H3. The Balaban J connectivity index is 1.84. The fourth-order valence-electron chi connectivity index (χ4n) is 2.78. The number of hydrogen-bond donors (Lipinski definition) is 0. The molecule has 0 aliphatic carbocycles. The first-order chi connectivity index (χ1) is 12.2. The molecule has 0 aliphatic rings. The van der Waals surface area contributed by atoms with Gasteiger partial charge in [0.1, 0.15) is 5.15 Å². The van der Waals surface area contributed by atoms with Crippen LogP contribution < -0.4 is 0 Å². The first-order valence-corrected chi connectivity index (χ1v) is 10.3. The molecule has 1 aromatic heterocycles. The van der Waals surface area contributed by atoms with E-state index in [0.717, 1.165) is 12.8 Å². The number of halogens is 1. The SMILES string of the molecule is CCCCCCCCCCCCCCCOC(=O)c1cnc(Cl)cn1. The molecule has 0 amide bonds. The molecule has 1 rings (SSSR count). The Hall–Kier alpha value is -1.16. The van der Waals surface area contributed by atoms with E-state index in [9.17, 15) is 4.79 Å². The molecular weight excluding hydrogens is 336 g/mol. The van der Waals surface area contributed by atoms with Crippen molar-refractivity contribution in [2.75, 3.05) is 6.61 Å². The van der Waals surface area contributed by atoms with E-state index >= 15 is 0 Å². The summed E-state index contributed by atoms with van der Waals surface area (Å²) < 4.78 is 5.18. The van der Waals surface area contributed by atoms with Gasteiger partial charge in [-0.2, -0.15) is 0 Å². The molecule has 0 fully saturated rings. The Morgan fingerprint density at radius 1 is 0.840 bits per heavy atom. The van der Waals surface area contributed by atoms with Crippen molar-refractivity contribution in [1.82, 2.24) is 9.97 Å². The first kappa shape index (κ1) is 21.9. The molecule has 0 spiro atoms. The Kier molecular flexibility index (Phi) is 13.2. The smallest absolute Gasteiger partial charge is 0.358 e. The molecular formula is C20H33ClN2O2. The molecule has 0 unspecified atom stereocenters. The minimum absolute atomic E-state index is 0.207. The van der Waals surface area contributed by atoms with Crippen LogP contribution in [0.3, 0.4) is 0 Å². The molecule has 0 atom stereocenters. The second-order valence-electron chi connectivity index (χ2n) is 6.60. The van der Waals surface area contributed by atoms with Gasteiger partial charge in [-0.1, -0.05) is 95.6 Å². The van der Waals surface area contributed by atoms with Gasteiger partial charge in [-0.05, 0) is 6.42 Å². The van der Waals surface area contributed by atoms with Crippen molar-refractivity contribution in [1.29, 1.82) is 0 Å². The van der Waals surface area contributed by atoms with Crippen molar-refractivity contribution < 1.29 is 9.53 Å². The average molecular weight is 369 g/mol. The lowest BCUT2D eigenvalue weighted by atomic mass is 10.0. The van der Waals surface area contributed by atoms with Crippen LogP contribution >= 0.6 is 11.6 Å². The second kappa shape index (κ2) is 15.1. The fraction of sp³-hybridized carbons (Fsp3) is 0.750. The van der Waals surface area contributed by atoms with Gasteiger partial charge in [0.2, 0.25) is 0 Å². The van der Waals surface area contributed by atoms with Gasteiger partial charge >= 0.3 is 5.97 Å². The van der Waals surface area contributed by atoms with Gasteiger partial charge in [-0.15, -0.1) is 0 Å². The maximum atomic E-state index is 11.7. The number of carbonyl (C=O) groups excluding carboxylic acids is 1. The van der Waals surface area contributed by atoms with Crippen LogP contribution in [0.4, 0.5) is 0 Å². The number of hydrogen-bond acceptors (Lipinski definition) is 4. The van der Waals surface area contributed by atoms with Crippen molar-refractivity contribution in [2.45, 2.75) is 90.4 Å². The van der Waals surface area contributed by atoms with Gasteiger partial charge in [-0.25, -0.2) is 14.8 Å². The molecule has 0 saturated carbocycles. The van der Waals surface area contributed by atoms with Crippen LogP contribution in [-0.2, 0) is 4.74 Å². The highest BCUT2D eigenvalue weighted by atomic mass is 35.5. The highest BCUT2D eigenvalue weighted by molar-refractivity contribution is 6.29. The predicted octanol–water partition coefficient (Wildman–Crippen LogP) is 6.38. The van der Waals surface area contributed by atoms with Crippen LogP contribution in [0.1, 0.15) is 101 Å². The number of ether oxygens (including phenoxy) is 1. The van der Waals surface area contributed by atoms with Crippen molar-refractivity contribution in [3.63, 3.8) is 0 Å². The molecule has 0 aromatic carbocycles. The van der Waals surface area contributed by atoms with E-state index in [1.807, 2.05) is 0 Å². The fourth-order valence-corrected chi connectivity index (χ4v) is 2.87. The Morgan fingerprint density at radius 3 is 1.84 bits per heavy atom. The Labute approximate surface area is 157 Å². The van der Waals surface area contributed by atoms with E-state index < -0.39 is 5.97 Å². The van der Waals surface area contributed by atoms with Crippen LogP contribution in [0.15, 0.2) is 12.4 Å².